The van der Waals surface area contributed by atoms with Gasteiger partial charge in [-0.15, -0.1) is 0 Å². The molecule has 17 heteroatoms. The van der Waals surface area contributed by atoms with E-state index in [2.05, 4.69) is 16.8 Å². The molecule has 1 saturated heterocycles. The molecular formula is C27H32F3N5O9. The maximum atomic E-state index is 12.5. The number of nitrogens with one attached hydrogen (secondary N) is 1. The Balaban J connectivity index is 1.95. The second-order valence-electron chi connectivity index (χ2n) is 10.9. The number of anilines is 1. The molecule has 0 bridgehead atoms. The number of aromatic nitrogens is 2. The molecule has 1 aliphatic heterocycles. The molecule has 5 N–H and O–H groups in total. The van der Waals surface area contributed by atoms with Gasteiger partial charge in [0.1, 0.15) is 23.9 Å². The average molecular weight is 628 g/mol. The molecule has 1 aromatic heterocycles. The highest BCUT2D eigenvalue weighted by Gasteiger charge is 2.38. The third-order valence-electron chi connectivity index (χ3n) is 6.59. The smallest absolute Gasteiger partial charge is 0.471 e. The van der Waals surface area contributed by atoms with Crippen LogP contribution in [0.1, 0.15) is 56.2 Å². The summed E-state index contributed by atoms with van der Waals surface area (Å²) < 4.78 is 55.4. The SMILES string of the molecule is COc1cc([C@@H](OCc2cn([C@H]3C[C@H](O)[C@@H](CO)O3)c(=O)nc2N)C(C)(C)C)c([N+](=O)[O-])cc1C#CCNC(=O)C(F)(F)F. The van der Waals surface area contributed by atoms with E-state index in [4.69, 9.17) is 19.9 Å². The first-order valence-electron chi connectivity index (χ1n) is 13.1. The second-order valence-corrected chi connectivity index (χ2v) is 10.9. The highest BCUT2D eigenvalue weighted by atomic mass is 19.4. The Bertz CT molecular complexity index is 1510. The van der Waals surface area contributed by atoms with Gasteiger partial charge < -0.3 is 35.5 Å². The van der Waals surface area contributed by atoms with Crippen LogP contribution in [0.5, 0.6) is 5.75 Å². The van der Waals surface area contributed by atoms with Crippen LogP contribution < -0.4 is 21.5 Å². The first-order chi connectivity index (χ1) is 20.5. The highest BCUT2D eigenvalue weighted by molar-refractivity contribution is 5.81. The highest BCUT2D eigenvalue weighted by Crippen LogP contribution is 2.43. The van der Waals surface area contributed by atoms with Crippen LogP contribution in [0.2, 0.25) is 0 Å². The molecule has 0 radical (unpaired) electrons. The number of rotatable bonds is 9. The van der Waals surface area contributed by atoms with Crippen LogP contribution in [-0.2, 0) is 20.9 Å². The van der Waals surface area contributed by atoms with Gasteiger partial charge in [0.05, 0.1) is 55.1 Å². The van der Waals surface area contributed by atoms with E-state index in [9.17, 15) is 43.1 Å². The van der Waals surface area contributed by atoms with Gasteiger partial charge in [-0.1, -0.05) is 32.6 Å². The molecule has 0 unspecified atom stereocenters. The number of carbonyl (C=O) groups excluding carboxylic acids is 1. The molecule has 1 aliphatic rings. The van der Waals surface area contributed by atoms with Crippen LogP contribution in [0.4, 0.5) is 24.7 Å². The molecule has 1 amide bonds. The Labute approximate surface area is 249 Å². The van der Waals surface area contributed by atoms with Crippen molar-refractivity contribution in [1.29, 1.82) is 0 Å². The average Bonchev–Trinajstić information content (AvgIpc) is 3.30. The van der Waals surface area contributed by atoms with Crippen molar-refractivity contribution in [3.63, 3.8) is 0 Å². The van der Waals surface area contributed by atoms with E-state index in [1.54, 1.807) is 26.1 Å². The molecule has 1 aromatic carbocycles. The number of nitrogens with zero attached hydrogens (tertiary/aromatic N) is 3. The Hall–Kier alpha value is -4.24. The summed E-state index contributed by atoms with van der Waals surface area (Å²) in [7, 11) is 1.27. The lowest BCUT2D eigenvalue weighted by Gasteiger charge is -2.31. The number of halogens is 3. The fourth-order valence-corrected chi connectivity index (χ4v) is 4.45. The van der Waals surface area contributed by atoms with Gasteiger partial charge >= 0.3 is 17.8 Å². The fourth-order valence-electron chi connectivity index (χ4n) is 4.45. The first-order valence-corrected chi connectivity index (χ1v) is 13.1. The molecule has 1 fully saturated rings. The van der Waals surface area contributed by atoms with Gasteiger partial charge in [-0.25, -0.2) is 4.79 Å². The van der Waals surface area contributed by atoms with E-state index in [1.165, 1.54) is 19.4 Å². The summed E-state index contributed by atoms with van der Waals surface area (Å²) in [4.78, 5) is 38.8. The normalized spacial score (nSPS) is 19.2. The van der Waals surface area contributed by atoms with E-state index in [0.29, 0.717) is 0 Å². The molecule has 240 valence electrons. The number of hydrogen-bond acceptors (Lipinski definition) is 11. The summed E-state index contributed by atoms with van der Waals surface area (Å²) >= 11 is 0. The van der Waals surface area contributed by atoms with Crippen molar-refractivity contribution >= 4 is 17.4 Å². The topological polar surface area (TPSA) is 201 Å². The number of hydrogen-bond donors (Lipinski definition) is 4. The zero-order chi connectivity index (χ0) is 33.0. The predicted molar refractivity (Wildman–Crippen MR) is 147 cm³/mol. The van der Waals surface area contributed by atoms with E-state index in [1.807, 2.05) is 0 Å². The van der Waals surface area contributed by atoms with E-state index in [-0.39, 0.29) is 41.3 Å². The Morgan fingerprint density at radius 3 is 2.59 bits per heavy atom. The van der Waals surface area contributed by atoms with Gasteiger partial charge in [0, 0.05) is 24.2 Å². The van der Waals surface area contributed by atoms with E-state index in [0.717, 1.165) is 10.6 Å². The molecule has 2 heterocycles. The van der Waals surface area contributed by atoms with Crippen molar-refractivity contribution in [2.45, 2.75) is 64.5 Å². The van der Waals surface area contributed by atoms with Crippen LogP contribution in [0, 0.1) is 27.4 Å². The lowest BCUT2D eigenvalue weighted by atomic mass is 9.83. The summed E-state index contributed by atoms with van der Waals surface area (Å²) in [6.07, 6.45) is -7.55. The van der Waals surface area contributed by atoms with Crippen LogP contribution in [0.3, 0.4) is 0 Å². The first kappa shape index (κ1) is 34.3. The van der Waals surface area contributed by atoms with Gasteiger partial charge in [-0.05, 0) is 11.5 Å². The van der Waals surface area contributed by atoms with Crippen molar-refractivity contribution in [3.8, 4) is 17.6 Å². The number of alkyl halides is 3. The third-order valence-corrected chi connectivity index (χ3v) is 6.59. The predicted octanol–water partition coefficient (Wildman–Crippen LogP) is 1.72. The molecule has 44 heavy (non-hydrogen) atoms. The van der Waals surface area contributed by atoms with E-state index >= 15 is 0 Å². The van der Waals surface area contributed by atoms with Gasteiger partial charge in [0.2, 0.25) is 0 Å². The molecule has 2 aromatic rings. The van der Waals surface area contributed by atoms with Gasteiger partial charge in [0.15, 0.2) is 0 Å². The summed E-state index contributed by atoms with van der Waals surface area (Å²) in [5.41, 5.74) is 4.34. The number of aliphatic hydroxyl groups excluding tert-OH is 2. The van der Waals surface area contributed by atoms with Crippen molar-refractivity contribution < 1.29 is 47.3 Å². The molecular weight excluding hydrogens is 595 g/mol. The van der Waals surface area contributed by atoms with Crippen molar-refractivity contribution in [2.75, 3.05) is 26.0 Å². The number of carbonyl (C=O) groups is 1. The van der Waals surface area contributed by atoms with Gasteiger partial charge in [-0.3, -0.25) is 19.5 Å². The van der Waals surface area contributed by atoms with Crippen LogP contribution >= 0.6 is 0 Å². The van der Waals surface area contributed by atoms with Gasteiger partial charge in [0.25, 0.3) is 5.69 Å². The lowest BCUT2D eigenvalue weighted by molar-refractivity contribution is -0.386. The minimum atomic E-state index is -5.09. The number of amides is 1. The van der Waals surface area contributed by atoms with Crippen molar-refractivity contribution in [3.05, 3.63) is 55.6 Å². The van der Waals surface area contributed by atoms with E-state index < -0.39 is 71.5 Å². The van der Waals surface area contributed by atoms with Crippen LogP contribution in [0.25, 0.3) is 0 Å². The largest absolute Gasteiger partial charge is 0.495 e. The standard InChI is InChI=1S/C27H32F3N5O9/c1-26(2,3)22(43-13-15-11-34(25(39)33-23(15)31)21-10-18(37)20(12-36)44-21)16-9-19(42-4)14(8-17(16)35(40)41)6-5-7-32-24(38)27(28,29)30/h8-9,11,18,20-22,36-37H,7,10,12-13H2,1-4H3,(H,32,38)(H2,31,33,39)/t18-,20+,21+,22+/m0/s1. The quantitative estimate of drug-likeness (QED) is 0.179. The van der Waals surface area contributed by atoms with Crippen LogP contribution in [-0.4, -0.2) is 69.2 Å². The maximum Gasteiger partial charge on any atom is 0.471 e. The Kier molecular flexibility index (Phi) is 10.6. The number of nitrogens with two attached hydrogens (primary N) is 1. The summed E-state index contributed by atoms with van der Waals surface area (Å²) in [5.74, 6) is 2.51. The number of methoxy groups -OCH3 is 1. The zero-order valence-corrected chi connectivity index (χ0v) is 24.2. The minimum Gasteiger partial charge on any atom is -0.495 e. The lowest BCUT2D eigenvalue weighted by Crippen LogP contribution is -2.36. The van der Waals surface area contributed by atoms with Crippen molar-refractivity contribution in [1.82, 2.24) is 14.9 Å². The second kappa shape index (κ2) is 13.6. The van der Waals surface area contributed by atoms with Gasteiger partial charge in [-0.2, -0.15) is 18.2 Å². The van der Waals surface area contributed by atoms with Crippen molar-refractivity contribution in [2.24, 2.45) is 5.41 Å². The number of ether oxygens (including phenoxy) is 3. The number of nitro groups is 1. The number of aliphatic hydroxyl groups is 2. The monoisotopic (exact) mass is 627 g/mol. The molecule has 0 saturated carbocycles. The molecule has 3 rings (SSSR count). The maximum absolute atomic E-state index is 12.5. The molecule has 0 spiro atoms. The summed E-state index contributed by atoms with van der Waals surface area (Å²) in [6, 6.07) is 2.42. The molecule has 0 aliphatic carbocycles. The summed E-state index contributed by atoms with van der Waals surface area (Å²) in [6.45, 7) is 3.88. The minimum absolute atomic E-state index is 0.0115. The third kappa shape index (κ3) is 8.02. The zero-order valence-electron chi connectivity index (χ0n) is 24.2. The fraction of sp³-hybridized carbons (Fsp3) is 0.519. The Morgan fingerprint density at radius 1 is 1.36 bits per heavy atom. The number of benzene rings is 1. The number of nitro benzene ring substituents is 1. The molecule has 14 nitrogen and oxygen atoms in total. The Morgan fingerprint density at radius 2 is 2.05 bits per heavy atom. The summed E-state index contributed by atoms with van der Waals surface area (Å²) in [5, 5.41) is 33.2. The molecule has 4 atom stereocenters. The number of nitrogen functional groups attached to an aromatic ring is 1. The van der Waals surface area contributed by atoms with Crippen LogP contribution in [0.15, 0.2) is 23.1 Å².